The van der Waals surface area contributed by atoms with Crippen LogP contribution in [0, 0.1) is 6.92 Å². The molecule has 0 aliphatic heterocycles. The van der Waals surface area contributed by atoms with Crippen molar-refractivity contribution in [1.82, 2.24) is 0 Å². The van der Waals surface area contributed by atoms with Crippen molar-refractivity contribution >= 4 is 0 Å². The van der Waals surface area contributed by atoms with Crippen molar-refractivity contribution in [3.05, 3.63) is 29.3 Å². The minimum absolute atomic E-state index is 0.0295. The van der Waals surface area contributed by atoms with Crippen LogP contribution >= 0.6 is 0 Å². The Kier molecular flexibility index (Phi) is 1.81. The van der Waals surface area contributed by atoms with E-state index in [-0.39, 0.29) is 5.54 Å². The topological polar surface area (TPSA) is 46.2 Å². The third kappa shape index (κ3) is 1.83. The van der Waals surface area contributed by atoms with Gasteiger partial charge in [-0.05, 0) is 43.4 Å². The summed E-state index contributed by atoms with van der Waals surface area (Å²) in [4.78, 5) is 0. The Balaban J connectivity index is 2.17. The molecule has 1 fully saturated rings. The van der Waals surface area contributed by atoms with Gasteiger partial charge in [0.15, 0.2) is 0 Å². The van der Waals surface area contributed by atoms with Gasteiger partial charge in [0.05, 0.1) is 0 Å². The minimum atomic E-state index is 0.0295. The summed E-state index contributed by atoms with van der Waals surface area (Å²) in [5, 5.41) is 9.48. The van der Waals surface area contributed by atoms with E-state index in [1.54, 1.807) is 0 Å². The highest BCUT2D eigenvalue weighted by Crippen LogP contribution is 2.36. The van der Waals surface area contributed by atoms with Crippen LogP contribution < -0.4 is 5.73 Å². The Labute approximate surface area is 78.4 Å². The zero-order valence-electron chi connectivity index (χ0n) is 7.88. The molecule has 0 saturated heterocycles. The first-order valence-electron chi connectivity index (χ1n) is 4.66. The van der Waals surface area contributed by atoms with Crippen molar-refractivity contribution in [2.45, 2.75) is 31.7 Å². The third-order valence-corrected chi connectivity index (χ3v) is 2.72. The first kappa shape index (κ1) is 8.57. The normalized spacial score (nSPS) is 18.6. The molecule has 2 rings (SSSR count). The average molecular weight is 177 g/mol. The summed E-state index contributed by atoms with van der Waals surface area (Å²) in [5.74, 6) is 0.377. The third-order valence-electron chi connectivity index (χ3n) is 2.72. The van der Waals surface area contributed by atoms with E-state index in [1.807, 2.05) is 25.1 Å². The summed E-state index contributed by atoms with van der Waals surface area (Å²) < 4.78 is 0. The summed E-state index contributed by atoms with van der Waals surface area (Å²) >= 11 is 0. The Bertz CT molecular complexity index is 329. The van der Waals surface area contributed by atoms with Crippen molar-refractivity contribution < 1.29 is 5.11 Å². The van der Waals surface area contributed by atoms with E-state index in [0.29, 0.717) is 5.75 Å². The number of phenols is 1. The molecule has 0 aromatic heterocycles. The number of nitrogens with two attached hydrogens (primary N) is 1. The van der Waals surface area contributed by atoms with Gasteiger partial charge in [0.1, 0.15) is 5.75 Å². The lowest BCUT2D eigenvalue weighted by atomic mass is 10.0. The van der Waals surface area contributed by atoms with E-state index in [1.165, 1.54) is 0 Å². The van der Waals surface area contributed by atoms with Crippen molar-refractivity contribution in [2.75, 3.05) is 0 Å². The lowest BCUT2D eigenvalue weighted by Gasteiger charge is -2.09. The lowest BCUT2D eigenvalue weighted by Crippen LogP contribution is -2.24. The number of phenolic OH excluding ortho intramolecular Hbond substituents is 1. The average Bonchev–Trinajstić information content (AvgIpc) is 2.76. The summed E-state index contributed by atoms with van der Waals surface area (Å²) in [6, 6.07) is 5.81. The molecular weight excluding hydrogens is 162 g/mol. The second kappa shape index (κ2) is 2.74. The van der Waals surface area contributed by atoms with Gasteiger partial charge in [0.2, 0.25) is 0 Å². The Morgan fingerprint density at radius 1 is 1.46 bits per heavy atom. The molecule has 1 aromatic rings. The number of benzene rings is 1. The summed E-state index contributed by atoms with van der Waals surface area (Å²) in [6.07, 6.45) is 3.12. The van der Waals surface area contributed by atoms with Gasteiger partial charge >= 0.3 is 0 Å². The Morgan fingerprint density at radius 2 is 2.15 bits per heavy atom. The molecule has 0 radical (unpaired) electrons. The van der Waals surface area contributed by atoms with E-state index in [9.17, 15) is 5.11 Å². The summed E-state index contributed by atoms with van der Waals surface area (Å²) in [5.41, 5.74) is 8.08. The predicted molar refractivity (Wildman–Crippen MR) is 52.7 cm³/mol. The van der Waals surface area contributed by atoms with Crippen molar-refractivity contribution in [2.24, 2.45) is 5.73 Å². The van der Waals surface area contributed by atoms with E-state index in [2.05, 4.69) is 0 Å². The van der Waals surface area contributed by atoms with Crippen LogP contribution in [0.5, 0.6) is 5.75 Å². The van der Waals surface area contributed by atoms with Crippen LogP contribution in [-0.4, -0.2) is 10.6 Å². The van der Waals surface area contributed by atoms with E-state index >= 15 is 0 Å². The zero-order chi connectivity index (χ0) is 9.47. The van der Waals surface area contributed by atoms with Gasteiger partial charge in [0, 0.05) is 5.54 Å². The number of aryl methyl sites for hydroxylation is 1. The van der Waals surface area contributed by atoms with Crippen LogP contribution in [0.1, 0.15) is 24.0 Å². The first-order chi connectivity index (χ1) is 6.09. The van der Waals surface area contributed by atoms with Crippen LogP contribution in [-0.2, 0) is 6.42 Å². The smallest absolute Gasteiger partial charge is 0.118 e. The van der Waals surface area contributed by atoms with Crippen LogP contribution in [0.2, 0.25) is 0 Å². The molecule has 1 aromatic carbocycles. The molecule has 2 nitrogen and oxygen atoms in total. The van der Waals surface area contributed by atoms with Crippen molar-refractivity contribution in [3.63, 3.8) is 0 Å². The van der Waals surface area contributed by atoms with Gasteiger partial charge in [-0.25, -0.2) is 0 Å². The molecule has 0 heterocycles. The molecule has 0 bridgehead atoms. The maximum absolute atomic E-state index is 9.48. The maximum Gasteiger partial charge on any atom is 0.118 e. The first-order valence-corrected chi connectivity index (χ1v) is 4.66. The summed E-state index contributed by atoms with van der Waals surface area (Å²) in [6.45, 7) is 1.90. The second-order valence-corrected chi connectivity index (χ2v) is 4.16. The van der Waals surface area contributed by atoms with Crippen LogP contribution in [0.15, 0.2) is 18.2 Å². The molecule has 0 amide bonds. The molecular formula is C11H15NO. The Morgan fingerprint density at radius 3 is 2.69 bits per heavy atom. The molecule has 3 N–H and O–H groups in total. The van der Waals surface area contributed by atoms with Crippen LogP contribution in [0.25, 0.3) is 0 Å². The van der Waals surface area contributed by atoms with Gasteiger partial charge in [0.25, 0.3) is 0 Å². The second-order valence-electron chi connectivity index (χ2n) is 4.16. The molecule has 1 aliphatic carbocycles. The number of aromatic hydroxyl groups is 1. The van der Waals surface area contributed by atoms with Gasteiger partial charge in [-0.2, -0.15) is 0 Å². The predicted octanol–water partition coefficient (Wildman–Crippen LogP) is 1.73. The van der Waals surface area contributed by atoms with E-state index in [0.717, 1.165) is 30.4 Å². The monoisotopic (exact) mass is 177 g/mol. The molecule has 1 aliphatic rings. The zero-order valence-corrected chi connectivity index (χ0v) is 7.88. The molecule has 0 spiro atoms. The largest absolute Gasteiger partial charge is 0.508 e. The van der Waals surface area contributed by atoms with Gasteiger partial charge in [-0.1, -0.05) is 12.1 Å². The number of hydrogen-bond acceptors (Lipinski definition) is 2. The molecule has 0 unspecified atom stereocenters. The fourth-order valence-corrected chi connectivity index (χ4v) is 1.51. The molecule has 70 valence electrons. The van der Waals surface area contributed by atoms with Crippen molar-refractivity contribution in [3.8, 4) is 5.75 Å². The number of hydrogen-bond donors (Lipinski definition) is 2. The van der Waals surface area contributed by atoms with Crippen molar-refractivity contribution in [1.29, 1.82) is 0 Å². The van der Waals surface area contributed by atoms with Crippen LogP contribution in [0.3, 0.4) is 0 Å². The molecule has 0 atom stereocenters. The highest BCUT2D eigenvalue weighted by Gasteiger charge is 2.37. The van der Waals surface area contributed by atoms with E-state index < -0.39 is 0 Å². The van der Waals surface area contributed by atoms with E-state index in [4.69, 9.17) is 5.73 Å². The molecule has 1 saturated carbocycles. The lowest BCUT2D eigenvalue weighted by molar-refractivity contribution is 0.470. The standard InChI is InChI=1S/C11H15NO/c1-8-2-3-9(6-10(8)13)7-11(12)4-5-11/h2-3,6,13H,4-5,7,12H2,1H3. The van der Waals surface area contributed by atoms with Crippen LogP contribution in [0.4, 0.5) is 0 Å². The highest BCUT2D eigenvalue weighted by molar-refractivity contribution is 5.36. The molecule has 2 heteroatoms. The Hall–Kier alpha value is -1.02. The number of rotatable bonds is 2. The van der Waals surface area contributed by atoms with Gasteiger partial charge in [-0.15, -0.1) is 0 Å². The maximum atomic E-state index is 9.48. The summed E-state index contributed by atoms with van der Waals surface area (Å²) in [7, 11) is 0. The fraction of sp³-hybridized carbons (Fsp3) is 0.455. The fourth-order valence-electron chi connectivity index (χ4n) is 1.51. The van der Waals surface area contributed by atoms with Gasteiger partial charge < -0.3 is 10.8 Å². The quantitative estimate of drug-likeness (QED) is 0.722. The SMILES string of the molecule is Cc1ccc(CC2(N)CC2)cc1O. The molecule has 13 heavy (non-hydrogen) atoms. The highest BCUT2D eigenvalue weighted by atomic mass is 16.3. The minimum Gasteiger partial charge on any atom is -0.508 e. The van der Waals surface area contributed by atoms with Gasteiger partial charge in [-0.3, -0.25) is 0 Å².